The summed E-state index contributed by atoms with van der Waals surface area (Å²) in [4.78, 5) is 26.5. The van der Waals surface area contributed by atoms with Crippen molar-refractivity contribution >= 4 is 39.2 Å². The van der Waals surface area contributed by atoms with Crippen LogP contribution in [0.1, 0.15) is 35.7 Å². The van der Waals surface area contributed by atoms with Crippen LogP contribution in [0.4, 0.5) is 5.69 Å². The first-order valence-electron chi connectivity index (χ1n) is 10.5. The number of amides is 1. The molecule has 1 heterocycles. The summed E-state index contributed by atoms with van der Waals surface area (Å²) in [7, 11) is -3.57. The van der Waals surface area contributed by atoms with Crippen molar-refractivity contribution in [1.82, 2.24) is 4.90 Å². The van der Waals surface area contributed by atoms with Crippen LogP contribution < -0.4 is 4.31 Å². The highest BCUT2D eigenvalue weighted by Gasteiger charge is 2.29. The lowest BCUT2D eigenvalue weighted by Crippen LogP contribution is -2.40. The van der Waals surface area contributed by atoms with Crippen LogP contribution in [0.5, 0.6) is 0 Å². The van der Waals surface area contributed by atoms with Crippen LogP contribution in [0.15, 0.2) is 48.5 Å². The molecule has 3 rings (SSSR count). The van der Waals surface area contributed by atoms with Gasteiger partial charge < -0.3 is 9.64 Å². The van der Waals surface area contributed by atoms with Crippen LogP contribution in [0.2, 0.25) is 5.02 Å². The van der Waals surface area contributed by atoms with Gasteiger partial charge in [0.1, 0.15) is 0 Å². The Morgan fingerprint density at radius 2 is 1.72 bits per heavy atom. The third-order valence-electron chi connectivity index (χ3n) is 5.48. The Hall–Kier alpha value is -2.58. The molecule has 0 atom stereocenters. The molecule has 0 unspecified atom stereocenters. The SMILES string of the molecule is CCOC(=O)C1CCN(C(=O)c2ccc(N(Cc3ccccc3Cl)S(C)(=O)=O)cc2)CC1. The zero-order valence-corrected chi connectivity index (χ0v) is 19.7. The second-order valence-corrected chi connectivity index (χ2v) is 10.0. The number of nitrogens with zero attached hydrogens (tertiary/aromatic N) is 2. The van der Waals surface area contributed by atoms with Gasteiger partial charge in [-0.15, -0.1) is 0 Å². The molecular formula is C23H27ClN2O5S. The smallest absolute Gasteiger partial charge is 0.309 e. The fraction of sp³-hybridized carbons (Fsp3) is 0.391. The summed E-state index contributed by atoms with van der Waals surface area (Å²) in [6, 6.07) is 13.6. The Kier molecular flexibility index (Phi) is 7.79. The first kappa shape index (κ1) is 24.1. The fourth-order valence-corrected chi connectivity index (χ4v) is 4.79. The summed E-state index contributed by atoms with van der Waals surface area (Å²) in [6.07, 6.45) is 2.28. The number of rotatable bonds is 7. The first-order chi connectivity index (χ1) is 15.2. The number of ether oxygens (including phenoxy) is 1. The third kappa shape index (κ3) is 5.81. The number of benzene rings is 2. The average molecular weight is 479 g/mol. The lowest BCUT2D eigenvalue weighted by atomic mass is 9.96. The Morgan fingerprint density at radius 3 is 2.28 bits per heavy atom. The highest BCUT2D eigenvalue weighted by atomic mass is 35.5. The van der Waals surface area contributed by atoms with Crippen LogP contribution in [-0.4, -0.2) is 51.1 Å². The maximum atomic E-state index is 12.9. The number of halogens is 1. The summed E-state index contributed by atoms with van der Waals surface area (Å²) in [5.74, 6) is -0.520. The molecule has 1 aliphatic heterocycles. The molecule has 0 spiro atoms. The minimum Gasteiger partial charge on any atom is -0.466 e. The van der Waals surface area contributed by atoms with E-state index in [9.17, 15) is 18.0 Å². The van der Waals surface area contributed by atoms with Crippen molar-refractivity contribution in [2.45, 2.75) is 26.3 Å². The van der Waals surface area contributed by atoms with E-state index >= 15 is 0 Å². The monoisotopic (exact) mass is 478 g/mol. The molecule has 2 aromatic rings. The van der Waals surface area contributed by atoms with Gasteiger partial charge in [-0.25, -0.2) is 8.42 Å². The van der Waals surface area contributed by atoms with E-state index < -0.39 is 10.0 Å². The van der Waals surface area contributed by atoms with E-state index in [-0.39, 0.29) is 24.3 Å². The summed E-state index contributed by atoms with van der Waals surface area (Å²) in [5, 5.41) is 0.485. The van der Waals surface area contributed by atoms with E-state index in [2.05, 4.69) is 0 Å². The molecule has 1 aliphatic rings. The normalized spacial score (nSPS) is 14.8. The zero-order chi connectivity index (χ0) is 23.3. The van der Waals surface area contributed by atoms with E-state index in [4.69, 9.17) is 16.3 Å². The van der Waals surface area contributed by atoms with E-state index in [1.54, 1.807) is 60.4 Å². The quantitative estimate of drug-likeness (QED) is 0.566. The zero-order valence-electron chi connectivity index (χ0n) is 18.2. The van der Waals surface area contributed by atoms with Gasteiger partial charge in [0.25, 0.3) is 5.91 Å². The summed E-state index contributed by atoms with van der Waals surface area (Å²) >= 11 is 6.21. The fourth-order valence-electron chi connectivity index (χ4n) is 3.71. The van der Waals surface area contributed by atoms with Crippen molar-refractivity contribution in [2.24, 2.45) is 5.92 Å². The molecule has 0 radical (unpaired) electrons. The number of carbonyl (C=O) groups is 2. The number of sulfonamides is 1. The van der Waals surface area contributed by atoms with Crippen molar-refractivity contribution in [2.75, 3.05) is 30.3 Å². The van der Waals surface area contributed by atoms with Gasteiger partial charge in [0.15, 0.2) is 0 Å². The molecule has 0 aliphatic carbocycles. The molecule has 32 heavy (non-hydrogen) atoms. The van der Waals surface area contributed by atoms with Gasteiger partial charge in [-0.3, -0.25) is 13.9 Å². The highest BCUT2D eigenvalue weighted by molar-refractivity contribution is 7.92. The summed E-state index contributed by atoms with van der Waals surface area (Å²) in [6.45, 7) is 3.18. The number of carbonyl (C=O) groups excluding carboxylic acids is 2. The maximum Gasteiger partial charge on any atom is 0.309 e. The molecule has 2 aromatic carbocycles. The molecule has 0 aromatic heterocycles. The van der Waals surface area contributed by atoms with Crippen LogP contribution in [0.3, 0.4) is 0 Å². The number of piperidine rings is 1. The van der Waals surface area contributed by atoms with Crippen molar-refractivity contribution in [3.8, 4) is 0 Å². The second kappa shape index (κ2) is 10.4. The predicted octanol–water partition coefficient (Wildman–Crippen LogP) is 3.72. The standard InChI is InChI=1S/C23H27ClN2O5S/c1-3-31-23(28)18-12-14-25(15-13-18)22(27)17-8-10-20(11-9-17)26(32(2,29)30)16-19-6-4-5-7-21(19)24/h4-11,18H,3,12-16H2,1-2H3. The van der Waals surface area contributed by atoms with Crippen molar-refractivity contribution in [1.29, 1.82) is 0 Å². The molecule has 0 bridgehead atoms. The lowest BCUT2D eigenvalue weighted by Gasteiger charge is -2.31. The number of esters is 1. The second-order valence-electron chi connectivity index (χ2n) is 7.73. The molecule has 1 amide bonds. The number of likely N-dealkylation sites (tertiary alicyclic amines) is 1. The van der Waals surface area contributed by atoms with Crippen molar-refractivity contribution < 1.29 is 22.7 Å². The molecule has 172 valence electrons. The van der Waals surface area contributed by atoms with Crippen molar-refractivity contribution in [3.63, 3.8) is 0 Å². The van der Waals surface area contributed by atoms with Gasteiger partial charge in [0.05, 0.1) is 31.0 Å². The van der Waals surface area contributed by atoms with Gasteiger partial charge in [-0.2, -0.15) is 0 Å². The lowest BCUT2D eigenvalue weighted by molar-refractivity contribution is -0.149. The van der Waals surface area contributed by atoms with E-state index in [1.165, 1.54) is 4.31 Å². The Morgan fingerprint density at radius 1 is 1.09 bits per heavy atom. The van der Waals surface area contributed by atoms with Gasteiger partial charge >= 0.3 is 5.97 Å². The predicted molar refractivity (Wildman–Crippen MR) is 124 cm³/mol. The van der Waals surface area contributed by atoms with Crippen LogP contribution >= 0.6 is 11.6 Å². The molecule has 0 saturated carbocycles. The Balaban J connectivity index is 1.71. The summed E-state index contributed by atoms with van der Waals surface area (Å²) < 4.78 is 31.2. The minimum absolute atomic E-state index is 0.0904. The molecule has 7 nitrogen and oxygen atoms in total. The number of hydrogen-bond acceptors (Lipinski definition) is 5. The van der Waals surface area contributed by atoms with E-state index in [1.807, 2.05) is 0 Å². The van der Waals surface area contributed by atoms with Crippen molar-refractivity contribution in [3.05, 3.63) is 64.7 Å². The Labute approximate surface area is 194 Å². The molecular weight excluding hydrogens is 452 g/mol. The van der Waals surface area contributed by atoms with E-state index in [0.29, 0.717) is 54.4 Å². The minimum atomic E-state index is -3.57. The van der Waals surface area contributed by atoms with Gasteiger partial charge in [0, 0.05) is 23.7 Å². The first-order valence-corrected chi connectivity index (χ1v) is 12.7. The van der Waals surface area contributed by atoms with Crippen LogP contribution in [-0.2, 0) is 26.1 Å². The maximum absolute atomic E-state index is 12.9. The Bertz CT molecular complexity index is 1060. The van der Waals surface area contributed by atoms with Gasteiger partial charge in [0.2, 0.25) is 10.0 Å². The third-order valence-corrected chi connectivity index (χ3v) is 6.99. The summed E-state index contributed by atoms with van der Waals surface area (Å²) in [5.41, 5.74) is 1.60. The average Bonchev–Trinajstić information content (AvgIpc) is 2.78. The van der Waals surface area contributed by atoms with Gasteiger partial charge in [-0.1, -0.05) is 29.8 Å². The topological polar surface area (TPSA) is 84.0 Å². The molecule has 1 fully saturated rings. The van der Waals surface area contributed by atoms with Crippen LogP contribution in [0.25, 0.3) is 0 Å². The van der Waals surface area contributed by atoms with Gasteiger partial charge in [-0.05, 0) is 55.7 Å². The molecule has 1 saturated heterocycles. The van der Waals surface area contributed by atoms with E-state index in [0.717, 1.165) is 6.26 Å². The number of anilines is 1. The highest BCUT2D eigenvalue weighted by Crippen LogP contribution is 2.26. The molecule has 0 N–H and O–H groups in total. The largest absolute Gasteiger partial charge is 0.466 e. The van der Waals surface area contributed by atoms with Crippen LogP contribution in [0, 0.1) is 5.92 Å². The molecule has 9 heteroatoms. The number of hydrogen-bond donors (Lipinski definition) is 0.